The second kappa shape index (κ2) is 4.69. The molecular weight excluding hydrogens is 126 g/mol. The Morgan fingerprint density at radius 3 is 3.00 bits per heavy atom. The van der Waals surface area contributed by atoms with Gasteiger partial charge in [0.1, 0.15) is 0 Å². The van der Waals surface area contributed by atoms with Gasteiger partial charge in [-0.3, -0.25) is 0 Å². The van der Waals surface area contributed by atoms with E-state index >= 15 is 0 Å². The number of hydrogen-bond acceptors (Lipinski definition) is 1. The molecule has 1 atom stereocenters. The molecule has 1 aliphatic rings. The van der Waals surface area contributed by atoms with Gasteiger partial charge < -0.3 is 4.74 Å². The second-order valence-electron chi connectivity index (χ2n) is 2.84. The minimum absolute atomic E-state index is 0.605. The first-order valence-electron chi connectivity index (χ1n) is 4.09. The minimum atomic E-state index is 0.605. The van der Waals surface area contributed by atoms with Crippen LogP contribution in [0.4, 0.5) is 0 Å². The monoisotopic (exact) mass is 142 g/mol. The Kier molecular flexibility index (Phi) is 3.76. The van der Waals surface area contributed by atoms with Crippen LogP contribution in [-0.4, -0.2) is 26.3 Å². The van der Waals surface area contributed by atoms with Crippen LogP contribution in [0.25, 0.3) is 0 Å². The molecule has 0 saturated carbocycles. The topological polar surface area (TPSA) is 23.3 Å². The number of ether oxygens (including phenoxy) is 1. The molecule has 1 unspecified atom stereocenters. The van der Waals surface area contributed by atoms with E-state index in [2.05, 4.69) is 5.32 Å². The van der Waals surface area contributed by atoms with Gasteiger partial charge in [0.2, 0.25) is 0 Å². The van der Waals surface area contributed by atoms with Gasteiger partial charge in [0, 0.05) is 26.3 Å². The predicted molar refractivity (Wildman–Crippen MR) is 41.1 cm³/mol. The van der Waals surface area contributed by atoms with Crippen molar-refractivity contribution in [1.82, 2.24) is 5.32 Å². The summed E-state index contributed by atoms with van der Waals surface area (Å²) in [7, 11) is 1.75. The van der Waals surface area contributed by atoms with Crippen molar-refractivity contribution in [3.63, 3.8) is 0 Å². The first-order valence-corrected chi connectivity index (χ1v) is 4.09. The molecule has 0 N–H and O–H groups in total. The summed E-state index contributed by atoms with van der Waals surface area (Å²) in [6, 6.07) is 0.605. The Morgan fingerprint density at radius 1 is 1.50 bits per heavy atom. The molecule has 0 spiro atoms. The van der Waals surface area contributed by atoms with E-state index in [1.807, 2.05) is 0 Å². The highest BCUT2D eigenvalue weighted by molar-refractivity contribution is 4.70. The number of nitrogens with zero attached hydrogens (tertiary/aromatic N) is 1. The molecule has 1 heterocycles. The van der Waals surface area contributed by atoms with Crippen LogP contribution in [0.5, 0.6) is 0 Å². The van der Waals surface area contributed by atoms with Gasteiger partial charge in [-0.1, -0.05) is 6.42 Å². The van der Waals surface area contributed by atoms with Gasteiger partial charge in [-0.2, -0.15) is 0 Å². The largest absolute Gasteiger partial charge is 0.385 e. The van der Waals surface area contributed by atoms with Gasteiger partial charge in [-0.25, -0.2) is 5.32 Å². The van der Waals surface area contributed by atoms with Gasteiger partial charge >= 0.3 is 0 Å². The van der Waals surface area contributed by atoms with Crippen LogP contribution in [0, 0.1) is 0 Å². The zero-order valence-corrected chi connectivity index (χ0v) is 6.68. The molecule has 2 nitrogen and oxygen atoms in total. The second-order valence-corrected chi connectivity index (χ2v) is 2.84. The quantitative estimate of drug-likeness (QED) is 0.580. The zero-order chi connectivity index (χ0) is 7.23. The molecule has 2 heteroatoms. The van der Waals surface area contributed by atoms with Crippen molar-refractivity contribution in [2.45, 2.75) is 31.7 Å². The normalized spacial score (nSPS) is 26.7. The highest BCUT2D eigenvalue weighted by atomic mass is 16.5. The third kappa shape index (κ3) is 2.67. The van der Waals surface area contributed by atoms with Crippen molar-refractivity contribution < 1.29 is 4.74 Å². The first-order chi connectivity index (χ1) is 4.93. The van der Waals surface area contributed by atoms with Crippen LogP contribution in [0.2, 0.25) is 0 Å². The molecule has 0 bridgehead atoms. The van der Waals surface area contributed by atoms with E-state index in [4.69, 9.17) is 4.74 Å². The summed E-state index contributed by atoms with van der Waals surface area (Å²) in [5, 5.41) is 4.49. The number of piperidine rings is 1. The smallest absolute Gasteiger partial charge is 0.0477 e. The van der Waals surface area contributed by atoms with Crippen molar-refractivity contribution in [2.24, 2.45) is 0 Å². The average Bonchev–Trinajstić information content (AvgIpc) is 2.03. The Bertz CT molecular complexity index is 79.3. The number of hydrogen-bond donors (Lipinski definition) is 0. The van der Waals surface area contributed by atoms with E-state index in [1.165, 1.54) is 19.3 Å². The highest BCUT2D eigenvalue weighted by Gasteiger charge is 2.12. The molecule has 59 valence electrons. The maximum absolute atomic E-state index is 4.98. The third-order valence-electron chi connectivity index (χ3n) is 1.99. The fourth-order valence-electron chi connectivity index (χ4n) is 1.35. The summed E-state index contributed by atoms with van der Waals surface area (Å²) in [6.07, 6.45) is 5.06. The SMILES string of the molecule is COCCC1CCCC[N]1. The molecule has 10 heavy (non-hydrogen) atoms. The van der Waals surface area contributed by atoms with Gasteiger partial charge in [0.15, 0.2) is 0 Å². The van der Waals surface area contributed by atoms with E-state index in [9.17, 15) is 0 Å². The summed E-state index contributed by atoms with van der Waals surface area (Å²) in [5.74, 6) is 0. The van der Waals surface area contributed by atoms with E-state index < -0.39 is 0 Å². The Balaban J connectivity index is 2.02. The molecule has 1 saturated heterocycles. The van der Waals surface area contributed by atoms with Crippen molar-refractivity contribution in [3.8, 4) is 0 Å². The zero-order valence-electron chi connectivity index (χ0n) is 6.68. The summed E-state index contributed by atoms with van der Waals surface area (Å²) < 4.78 is 4.98. The Labute approximate surface area is 63.0 Å². The van der Waals surface area contributed by atoms with Crippen molar-refractivity contribution in [3.05, 3.63) is 0 Å². The predicted octanol–water partition coefficient (Wildman–Crippen LogP) is 1.18. The van der Waals surface area contributed by atoms with Crippen molar-refractivity contribution >= 4 is 0 Å². The first kappa shape index (κ1) is 8.02. The molecule has 0 aromatic heterocycles. The lowest BCUT2D eigenvalue weighted by molar-refractivity contribution is 0.176. The Hall–Kier alpha value is -0.0800. The average molecular weight is 142 g/mol. The highest BCUT2D eigenvalue weighted by Crippen LogP contribution is 2.10. The van der Waals surface area contributed by atoms with Crippen LogP contribution in [0.15, 0.2) is 0 Å². The third-order valence-corrected chi connectivity index (χ3v) is 1.99. The van der Waals surface area contributed by atoms with E-state index in [-0.39, 0.29) is 0 Å². The number of rotatable bonds is 3. The molecule has 0 aliphatic carbocycles. The fourth-order valence-corrected chi connectivity index (χ4v) is 1.35. The van der Waals surface area contributed by atoms with Gasteiger partial charge in [-0.05, 0) is 19.3 Å². The molecule has 0 amide bonds. The molecule has 0 aromatic carbocycles. The maximum atomic E-state index is 4.98. The maximum Gasteiger partial charge on any atom is 0.0477 e. The molecule has 1 aliphatic heterocycles. The lowest BCUT2D eigenvalue weighted by atomic mass is 10.0. The fraction of sp³-hybridized carbons (Fsp3) is 1.00. The molecule has 1 rings (SSSR count). The van der Waals surface area contributed by atoms with Crippen LogP contribution < -0.4 is 5.32 Å². The van der Waals surface area contributed by atoms with Crippen molar-refractivity contribution in [1.29, 1.82) is 0 Å². The number of methoxy groups -OCH3 is 1. The molecule has 1 fully saturated rings. The summed E-state index contributed by atoms with van der Waals surface area (Å²) in [5.41, 5.74) is 0. The van der Waals surface area contributed by atoms with Gasteiger partial charge in [-0.15, -0.1) is 0 Å². The van der Waals surface area contributed by atoms with E-state index in [0.717, 1.165) is 19.6 Å². The minimum Gasteiger partial charge on any atom is -0.385 e. The van der Waals surface area contributed by atoms with Crippen LogP contribution >= 0.6 is 0 Å². The van der Waals surface area contributed by atoms with Crippen LogP contribution in [0.3, 0.4) is 0 Å². The van der Waals surface area contributed by atoms with Gasteiger partial charge in [0.05, 0.1) is 0 Å². The van der Waals surface area contributed by atoms with Crippen LogP contribution in [0.1, 0.15) is 25.7 Å². The summed E-state index contributed by atoms with van der Waals surface area (Å²) >= 11 is 0. The van der Waals surface area contributed by atoms with Crippen molar-refractivity contribution in [2.75, 3.05) is 20.3 Å². The van der Waals surface area contributed by atoms with Gasteiger partial charge in [0.25, 0.3) is 0 Å². The molecule has 1 radical (unpaired) electrons. The molecule has 0 aromatic rings. The Morgan fingerprint density at radius 2 is 2.40 bits per heavy atom. The van der Waals surface area contributed by atoms with E-state index in [1.54, 1.807) is 7.11 Å². The molecular formula is C8H16NO. The summed E-state index contributed by atoms with van der Waals surface area (Å²) in [4.78, 5) is 0. The lowest BCUT2D eigenvalue weighted by Crippen LogP contribution is -2.28. The van der Waals surface area contributed by atoms with E-state index in [0.29, 0.717) is 6.04 Å². The standard InChI is InChI=1S/C8H16NO/c1-10-7-5-8-4-2-3-6-9-8/h8H,2-7H2,1H3. The van der Waals surface area contributed by atoms with Crippen LogP contribution in [-0.2, 0) is 4.74 Å². The summed E-state index contributed by atoms with van der Waals surface area (Å²) in [6.45, 7) is 1.95. The lowest BCUT2D eigenvalue weighted by Gasteiger charge is -2.20.